The van der Waals surface area contributed by atoms with Crippen LogP contribution in [0.3, 0.4) is 0 Å². The molecule has 0 radical (unpaired) electrons. The molecule has 1 aromatic carbocycles. The van der Waals surface area contributed by atoms with Crippen molar-refractivity contribution in [1.29, 1.82) is 5.26 Å². The van der Waals surface area contributed by atoms with Gasteiger partial charge in [-0.2, -0.15) is 5.26 Å². The van der Waals surface area contributed by atoms with Crippen LogP contribution in [-0.4, -0.2) is 20.2 Å². The highest BCUT2D eigenvalue weighted by Gasteiger charge is 2.20. The van der Waals surface area contributed by atoms with Gasteiger partial charge < -0.3 is 9.47 Å². The van der Waals surface area contributed by atoms with Gasteiger partial charge in [-0.1, -0.05) is 15.9 Å². The van der Waals surface area contributed by atoms with Gasteiger partial charge in [0.05, 0.1) is 20.3 Å². The lowest BCUT2D eigenvalue weighted by Gasteiger charge is -2.13. The van der Waals surface area contributed by atoms with E-state index in [2.05, 4.69) is 22.0 Å². The molecule has 90 valence electrons. The molecule has 17 heavy (non-hydrogen) atoms. The first-order valence-electron chi connectivity index (χ1n) is 4.96. The molecule has 5 heteroatoms. The lowest BCUT2D eigenvalue weighted by atomic mass is 10.0. The van der Waals surface area contributed by atoms with Crippen LogP contribution in [-0.2, 0) is 11.2 Å². The minimum absolute atomic E-state index is 0.329. The van der Waals surface area contributed by atoms with Crippen molar-refractivity contribution in [1.82, 2.24) is 0 Å². The van der Waals surface area contributed by atoms with E-state index in [4.69, 9.17) is 14.7 Å². The monoisotopic (exact) mass is 297 g/mol. The van der Waals surface area contributed by atoms with Crippen LogP contribution >= 0.6 is 15.9 Å². The van der Waals surface area contributed by atoms with Crippen LogP contribution in [0, 0.1) is 11.3 Å². The summed E-state index contributed by atoms with van der Waals surface area (Å²) >= 11 is 3.37. The normalized spacial score (nSPS) is 9.53. The molecule has 0 fully saturated rings. The molecule has 0 atom stereocenters. The number of nitrogens with zero attached hydrogens (tertiary/aromatic N) is 1. The van der Waals surface area contributed by atoms with E-state index < -0.39 is 5.97 Å². The molecule has 0 aromatic heterocycles. The first-order chi connectivity index (χ1) is 8.15. The number of ether oxygens (including phenoxy) is 2. The quantitative estimate of drug-likeness (QED) is 0.802. The van der Waals surface area contributed by atoms with Crippen LogP contribution in [0.2, 0.25) is 0 Å². The summed E-state index contributed by atoms with van der Waals surface area (Å²) in [5, 5.41) is 8.62. The molecule has 0 unspecified atom stereocenters. The Kier molecular flexibility index (Phi) is 4.98. The third kappa shape index (κ3) is 2.98. The van der Waals surface area contributed by atoms with Crippen molar-refractivity contribution in [2.45, 2.75) is 12.8 Å². The van der Waals surface area contributed by atoms with Crippen LogP contribution in [0.15, 0.2) is 16.6 Å². The average Bonchev–Trinajstić information content (AvgIpc) is 2.36. The standard InChI is InChI=1S/C12H12BrNO3/c1-16-10-6-5-9(13)8(4-3-7-14)11(10)12(15)17-2/h5-6H,3-4H2,1-2H3. The van der Waals surface area contributed by atoms with Crippen LogP contribution in [0.4, 0.5) is 0 Å². The van der Waals surface area contributed by atoms with Gasteiger partial charge in [-0.3, -0.25) is 0 Å². The summed E-state index contributed by atoms with van der Waals surface area (Å²) in [6.07, 6.45) is 0.800. The zero-order valence-electron chi connectivity index (χ0n) is 9.62. The average molecular weight is 298 g/mol. The predicted molar refractivity (Wildman–Crippen MR) is 66.0 cm³/mol. The van der Waals surface area contributed by atoms with Crippen LogP contribution in [0.1, 0.15) is 22.3 Å². The molecular formula is C12H12BrNO3. The first-order valence-corrected chi connectivity index (χ1v) is 5.75. The highest BCUT2D eigenvalue weighted by molar-refractivity contribution is 9.10. The molecule has 0 amide bonds. The van der Waals surface area contributed by atoms with E-state index in [9.17, 15) is 4.79 Å². The van der Waals surface area contributed by atoms with Crippen molar-refractivity contribution in [2.75, 3.05) is 14.2 Å². The highest BCUT2D eigenvalue weighted by Crippen LogP contribution is 2.30. The van der Waals surface area contributed by atoms with E-state index in [1.54, 1.807) is 12.1 Å². The van der Waals surface area contributed by atoms with Gasteiger partial charge >= 0.3 is 5.97 Å². The summed E-state index contributed by atoms with van der Waals surface area (Å²) in [7, 11) is 2.81. The van der Waals surface area contributed by atoms with Gasteiger partial charge in [0.15, 0.2) is 0 Å². The Hall–Kier alpha value is -1.54. The summed E-state index contributed by atoms with van der Waals surface area (Å²) in [4.78, 5) is 11.7. The van der Waals surface area contributed by atoms with Crippen LogP contribution < -0.4 is 4.74 Å². The maximum atomic E-state index is 11.7. The van der Waals surface area contributed by atoms with Gasteiger partial charge in [0.2, 0.25) is 0 Å². The summed E-state index contributed by atoms with van der Waals surface area (Å²) < 4.78 is 10.6. The number of esters is 1. The van der Waals surface area contributed by atoms with Crippen molar-refractivity contribution < 1.29 is 14.3 Å². The Labute approximate surface area is 108 Å². The molecule has 0 saturated heterocycles. The van der Waals surface area contributed by atoms with Crippen molar-refractivity contribution in [2.24, 2.45) is 0 Å². The molecule has 0 heterocycles. The van der Waals surface area contributed by atoms with E-state index in [1.165, 1.54) is 14.2 Å². The highest BCUT2D eigenvalue weighted by atomic mass is 79.9. The Balaban J connectivity index is 3.32. The first kappa shape index (κ1) is 13.5. The van der Waals surface area contributed by atoms with Gasteiger partial charge in [-0.25, -0.2) is 4.79 Å². The number of carbonyl (C=O) groups excluding carboxylic acids is 1. The molecule has 0 aliphatic carbocycles. The predicted octanol–water partition coefficient (Wildman–Crippen LogP) is 2.70. The second-order valence-electron chi connectivity index (χ2n) is 3.25. The summed E-state index contributed by atoms with van der Waals surface area (Å²) in [5.74, 6) is -0.0101. The molecule has 1 aromatic rings. The molecule has 0 spiro atoms. The third-order valence-corrected chi connectivity index (χ3v) is 3.06. The Morgan fingerprint density at radius 2 is 2.18 bits per heavy atom. The smallest absolute Gasteiger partial charge is 0.341 e. The van der Waals surface area contributed by atoms with Gasteiger partial charge in [0.25, 0.3) is 0 Å². The maximum absolute atomic E-state index is 11.7. The Bertz CT molecular complexity index is 466. The zero-order valence-corrected chi connectivity index (χ0v) is 11.2. The van der Waals surface area contributed by atoms with Crippen LogP contribution in [0.5, 0.6) is 5.75 Å². The van der Waals surface area contributed by atoms with Gasteiger partial charge in [-0.15, -0.1) is 0 Å². The molecule has 0 N–H and O–H groups in total. The number of hydrogen-bond donors (Lipinski definition) is 0. The number of benzene rings is 1. The fourth-order valence-corrected chi connectivity index (χ4v) is 2.05. The second kappa shape index (κ2) is 6.26. The number of nitriles is 1. The van der Waals surface area contributed by atoms with Crippen molar-refractivity contribution in [3.8, 4) is 11.8 Å². The number of methoxy groups -OCH3 is 2. The molecule has 0 aliphatic rings. The maximum Gasteiger partial charge on any atom is 0.341 e. The lowest BCUT2D eigenvalue weighted by molar-refractivity contribution is 0.0595. The largest absolute Gasteiger partial charge is 0.496 e. The zero-order chi connectivity index (χ0) is 12.8. The lowest BCUT2D eigenvalue weighted by Crippen LogP contribution is -2.09. The second-order valence-corrected chi connectivity index (χ2v) is 4.11. The fraction of sp³-hybridized carbons (Fsp3) is 0.333. The fourth-order valence-electron chi connectivity index (χ4n) is 1.52. The molecule has 0 aliphatic heterocycles. The summed E-state index contributed by atoms with van der Waals surface area (Å²) in [6.45, 7) is 0. The molecular weight excluding hydrogens is 286 g/mol. The minimum Gasteiger partial charge on any atom is -0.496 e. The van der Waals surface area contributed by atoms with Crippen molar-refractivity contribution in [3.05, 3.63) is 27.7 Å². The van der Waals surface area contributed by atoms with Crippen molar-refractivity contribution >= 4 is 21.9 Å². The Morgan fingerprint density at radius 1 is 1.47 bits per heavy atom. The Morgan fingerprint density at radius 3 is 2.71 bits per heavy atom. The van der Waals surface area contributed by atoms with E-state index in [1.807, 2.05) is 0 Å². The van der Waals surface area contributed by atoms with E-state index >= 15 is 0 Å². The summed E-state index contributed by atoms with van der Waals surface area (Å²) in [5.41, 5.74) is 1.11. The molecule has 4 nitrogen and oxygen atoms in total. The molecule has 0 bridgehead atoms. The van der Waals surface area contributed by atoms with E-state index in [-0.39, 0.29) is 0 Å². The molecule has 1 rings (SSSR count). The third-order valence-electron chi connectivity index (χ3n) is 2.31. The van der Waals surface area contributed by atoms with Gasteiger partial charge in [-0.05, 0) is 24.1 Å². The number of carbonyl (C=O) groups is 1. The topological polar surface area (TPSA) is 59.3 Å². The SMILES string of the molecule is COC(=O)c1c(OC)ccc(Br)c1CCC#N. The van der Waals surface area contributed by atoms with Crippen LogP contribution in [0.25, 0.3) is 0 Å². The van der Waals surface area contributed by atoms with Gasteiger partial charge in [0.1, 0.15) is 11.3 Å². The summed E-state index contributed by atoms with van der Waals surface area (Å²) in [6, 6.07) is 5.53. The number of hydrogen-bond acceptors (Lipinski definition) is 4. The number of halogens is 1. The minimum atomic E-state index is -0.462. The molecule has 0 saturated carbocycles. The van der Waals surface area contributed by atoms with Crippen molar-refractivity contribution in [3.63, 3.8) is 0 Å². The van der Waals surface area contributed by atoms with E-state index in [0.717, 1.165) is 10.0 Å². The van der Waals surface area contributed by atoms with E-state index in [0.29, 0.717) is 24.2 Å². The van der Waals surface area contributed by atoms with Gasteiger partial charge in [0, 0.05) is 10.9 Å². The number of rotatable bonds is 4.